The van der Waals surface area contributed by atoms with Gasteiger partial charge in [-0.25, -0.2) is 0 Å². The van der Waals surface area contributed by atoms with Crippen LogP contribution in [0, 0.1) is 0 Å². The van der Waals surface area contributed by atoms with Gasteiger partial charge in [0.1, 0.15) is 0 Å². The summed E-state index contributed by atoms with van der Waals surface area (Å²) in [5.74, 6) is 0. The van der Waals surface area contributed by atoms with Gasteiger partial charge in [0, 0.05) is 0 Å². The van der Waals surface area contributed by atoms with E-state index >= 15 is 0 Å². The smallest absolute Gasteiger partial charge is 0.0238 e. The summed E-state index contributed by atoms with van der Waals surface area (Å²) in [6.45, 7) is 9.74. The molecule has 0 amide bonds. The van der Waals surface area contributed by atoms with Crippen LogP contribution in [0.15, 0.2) is 60.3 Å². The van der Waals surface area contributed by atoms with Crippen LogP contribution in [-0.4, -0.2) is 0 Å². The number of rotatable bonds is 3. The third-order valence-corrected chi connectivity index (χ3v) is 2.11. The van der Waals surface area contributed by atoms with E-state index < -0.39 is 0 Å². The summed E-state index contributed by atoms with van der Waals surface area (Å²) in [6.07, 6.45) is 16.9. The lowest BCUT2D eigenvalue weighted by molar-refractivity contribution is 0.977. The predicted molar refractivity (Wildman–Crippen MR) is 70.9 cm³/mol. The number of allylic oxidation sites excluding steroid dienone is 9. The molecule has 1 rings (SSSR count). The van der Waals surface area contributed by atoms with Crippen LogP contribution in [0.3, 0.4) is 0 Å². The fourth-order valence-corrected chi connectivity index (χ4v) is 1.40. The first-order valence-electron chi connectivity index (χ1n) is 5.70. The first kappa shape index (κ1) is 13.7. The van der Waals surface area contributed by atoms with Gasteiger partial charge in [-0.3, -0.25) is 0 Å². The van der Waals surface area contributed by atoms with Gasteiger partial charge >= 0.3 is 0 Å². The lowest BCUT2D eigenvalue weighted by Crippen LogP contribution is -1.89. The Morgan fingerprint density at radius 3 is 2.60 bits per heavy atom. The molecule has 0 unspecified atom stereocenters. The van der Waals surface area contributed by atoms with E-state index in [0.29, 0.717) is 0 Å². The molecule has 0 aromatic carbocycles. The summed E-state index contributed by atoms with van der Waals surface area (Å²) >= 11 is 0. The standard InChI is InChI=1S/C13H16.C2H6/c1-3-5-9-12(4-2)13-10-7-6-8-11-13;1-2/h3-7,9-10H,1,8,11H2,2H3;1-2H3/b9-5-,12-4+;. The van der Waals surface area contributed by atoms with Crippen molar-refractivity contribution in [2.75, 3.05) is 0 Å². The molecule has 0 heterocycles. The van der Waals surface area contributed by atoms with Crippen LogP contribution in [0.2, 0.25) is 0 Å². The highest BCUT2D eigenvalue weighted by Crippen LogP contribution is 2.20. The van der Waals surface area contributed by atoms with Gasteiger partial charge in [0.2, 0.25) is 0 Å². The number of hydrogen-bond donors (Lipinski definition) is 0. The second-order valence-corrected chi connectivity index (χ2v) is 3.00. The molecule has 0 bridgehead atoms. The molecule has 1 aliphatic carbocycles. The Balaban J connectivity index is 0.000000921. The molecule has 0 N–H and O–H groups in total. The fourth-order valence-electron chi connectivity index (χ4n) is 1.40. The maximum Gasteiger partial charge on any atom is -0.0238 e. The summed E-state index contributed by atoms with van der Waals surface area (Å²) < 4.78 is 0. The van der Waals surface area contributed by atoms with E-state index in [4.69, 9.17) is 0 Å². The molecule has 0 atom stereocenters. The zero-order valence-corrected chi connectivity index (χ0v) is 10.2. The Hall–Kier alpha value is -1.30. The van der Waals surface area contributed by atoms with Gasteiger partial charge in [-0.15, -0.1) is 0 Å². The van der Waals surface area contributed by atoms with Crippen molar-refractivity contribution in [1.29, 1.82) is 0 Å². The molecule has 0 aliphatic heterocycles. The average Bonchev–Trinajstić information content (AvgIpc) is 2.34. The van der Waals surface area contributed by atoms with E-state index in [9.17, 15) is 0 Å². The molecule has 0 aromatic heterocycles. The fraction of sp³-hybridized carbons (Fsp3) is 0.333. The van der Waals surface area contributed by atoms with Gasteiger partial charge in [0.05, 0.1) is 0 Å². The van der Waals surface area contributed by atoms with Crippen molar-refractivity contribution in [3.63, 3.8) is 0 Å². The maximum absolute atomic E-state index is 3.66. The molecule has 0 saturated carbocycles. The zero-order chi connectivity index (χ0) is 11.5. The van der Waals surface area contributed by atoms with Crippen LogP contribution in [0.4, 0.5) is 0 Å². The molecule has 0 heteroatoms. The lowest BCUT2D eigenvalue weighted by atomic mass is 9.97. The summed E-state index contributed by atoms with van der Waals surface area (Å²) in [4.78, 5) is 0. The van der Waals surface area contributed by atoms with Gasteiger partial charge in [-0.1, -0.05) is 63.0 Å². The molecular weight excluding hydrogens is 180 g/mol. The third kappa shape index (κ3) is 5.21. The second-order valence-electron chi connectivity index (χ2n) is 3.00. The minimum absolute atomic E-state index is 1.15. The van der Waals surface area contributed by atoms with Gasteiger partial charge in [0.25, 0.3) is 0 Å². The SMILES string of the molecule is C=C/C=C\C(=C/C)C1=CC=CCC1.CC. The predicted octanol–water partition coefficient (Wildman–Crippen LogP) is 4.98. The van der Waals surface area contributed by atoms with Crippen LogP contribution in [0.25, 0.3) is 0 Å². The lowest BCUT2D eigenvalue weighted by Gasteiger charge is -2.09. The Labute approximate surface area is 94.4 Å². The maximum atomic E-state index is 3.66. The van der Waals surface area contributed by atoms with Crippen molar-refractivity contribution in [3.05, 3.63) is 60.3 Å². The van der Waals surface area contributed by atoms with Crippen molar-refractivity contribution < 1.29 is 0 Å². The topological polar surface area (TPSA) is 0 Å². The highest BCUT2D eigenvalue weighted by atomic mass is 14.1. The molecule has 0 fully saturated rings. The normalized spacial score (nSPS) is 15.7. The van der Waals surface area contributed by atoms with Crippen LogP contribution in [0.5, 0.6) is 0 Å². The minimum Gasteiger partial charge on any atom is -0.0991 e. The monoisotopic (exact) mass is 202 g/mol. The van der Waals surface area contributed by atoms with Crippen LogP contribution in [0.1, 0.15) is 33.6 Å². The molecule has 0 aromatic rings. The Morgan fingerprint density at radius 2 is 2.13 bits per heavy atom. The highest BCUT2D eigenvalue weighted by Gasteiger charge is 2.01. The Bertz CT molecular complexity index is 285. The van der Waals surface area contributed by atoms with Crippen molar-refractivity contribution in [2.45, 2.75) is 33.6 Å². The van der Waals surface area contributed by atoms with Crippen LogP contribution >= 0.6 is 0 Å². The van der Waals surface area contributed by atoms with Crippen molar-refractivity contribution in [2.24, 2.45) is 0 Å². The van der Waals surface area contributed by atoms with Crippen molar-refractivity contribution in [3.8, 4) is 0 Å². The van der Waals surface area contributed by atoms with E-state index in [1.54, 1.807) is 0 Å². The van der Waals surface area contributed by atoms with E-state index in [1.165, 1.54) is 11.1 Å². The van der Waals surface area contributed by atoms with E-state index in [0.717, 1.165) is 12.8 Å². The van der Waals surface area contributed by atoms with Gasteiger partial charge in [-0.2, -0.15) is 0 Å². The molecule has 1 aliphatic rings. The molecule has 0 radical (unpaired) electrons. The summed E-state index contributed by atoms with van der Waals surface area (Å²) in [5, 5.41) is 0. The third-order valence-electron chi connectivity index (χ3n) is 2.11. The first-order chi connectivity index (χ1) is 7.38. The Morgan fingerprint density at radius 1 is 1.40 bits per heavy atom. The minimum atomic E-state index is 1.15. The quantitative estimate of drug-likeness (QED) is 0.566. The molecule has 82 valence electrons. The van der Waals surface area contributed by atoms with Crippen molar-refractivity contribution >= 4 is 0 Å². The largest absolute Gasteiger partial charge is 0.0991 e. The van der Waals surface area contributed by atoms with Gasteiger partial charge in [-0.05, 0) is 30.9 Å². The van der Waals surface area contributed by atoms with E-state index in [-0.39, 0.29) is 0 Å². The number of hydrogen-bond acceptors (Lipinski definition) is 0. The van der Waals surface area contributed by atoms with Crippen molar-refractivity contribution in [1.82, 2.24) is 0 Å². The molecule has 0 saturated heterocycles. The molecule has 15 heavy (non-hydrogen) atoms. The van der Waals surface area contributed by atoms with E-state index in [2.05, 4.69) is 43.9 Å². The van der Waals surface area contributed by atoms with Gasteiger partial charge in [0.15, 0.2) is 0 Å². The zero-order valence-electron chi connectivity index (χ0n) is 10.2. The molecular formula is C15H22. The molecule has 0 spiro atoms. The summed E-state index contributed by atoms with van der Waals surface area (Å²) in [7, 11) is 0. The average molecular weight is 202 g/mol. The molecule has 0 nitrogen and oxygen atoms in total. The summed E-state index contributed by atoms with van der Waals surface area (Å²) in [6, 6.07) is 0. The first-order valence-corrected chi connectivity index (χ1v) is 5.70. The van der Waals surface area contributed by atoms with Crippen LogP contribution in [-0.2, 0) is 0 Å². The van der Waals surface area contributed by atoms with E-state index in [1.807, 2.05) is 26.0 Å². The van der Waals surface area contributed by atoms with Crippen LogP contribution < -0.4 is 0 Å². The highest BCUT2D eigenvalue weighted by molar-refractivity contribution is 5.43. The van der Waals surface area contributed by atoms with Gasteiger partial charge < -0.3 is 0 Å². The summed E-state index contributed by atoms with van der Waals surface area (Å²) in [5.41, 5.74) is 2.73. The second kappa shape index (κ2) is 9.26. The Kier molecular flexibility index (Phi) is 8.46.